The van der Waals surface area contributed by atoms with Crippen LogP contribution in [0.3, 0.4) is 0 Å². The molecule has 0 atom stereocenters. The summed E-state index contributed by atoms with van der Waals surface area (Å²) in [5.74, 6) is -0.918. The van der Waals surface area contributed by atoms with E-state index in [9.17, 15) is 22.0 Å². The molecule has 0 N–H and O–H groups in total. The van der Waals surface area contributed by atoms with Gasteiger partial charge in [0, 0.05) is 6.20 Å². The van der Waals surface area contributed by atoms with E-state index in [4.69, 9.17) is 5.26 Å². The largest absolute Gasteiger partial charge is 0.574 e. The Bertz CT molecular complexity index is 468. The Morgan fingerprint density at radius 3 is 2.41 bits per heavy atom. The van der Waals surface area contributed by atoms with Crippen LogP contribution in [0.15, 0.2) is 6.20 Å². The molecule has 0 radical (unpaired) electrons. The van der Waals surface area contributed by atoms with E-state index in [0.29, 0.717) is 6.20 Å². The maximum atomic E-state index is 12.4. The van der Waals surface area contributed by atoms with Gasteiger partial charge in [-0.2, -0.15) is 5.26 Å². The molecule has 9 heteroatoms. The third-order valence-corrected chi connectivity index (χ3v) is 2.58. The first kappa shape index (κ1) is 13.9. The normalized spacial score (nSPS) is 11.4. The lowest BCUT2D eigenvalue weighted by Crippen LogP contribution is -2.19. The monoisotopic (exact) mass is 364 g/mol. The summed E-state index contributed by atoms with van der Waals surface area (Å²) in [6.45, 7) is 0. The van der Waals surface area contributed by atoms with Gasteiger partial charge < -0.3 is 4.74 Å². The highest BCUT2D eigenvalue weighted by Crippen LogP contribution is 2.32. The lowest BCUT2D eigenvalue weighted by atomic mass is 10.1. The van der Waals surface area contributed by atoms with Crippen LogP contribution in [-0.2, 0) is 0 Å². The predicted octanol–water partition coefficient (Wildman–Crippen LogP) is 3.39. The number of rotatable bonds is 2. The van der Waals surface area contributed by atoms with Crippen LogP contribution in [0.4, 0.5) is 22.0 Å². The summed E-state index contributed by atoms with van der Waals surface area (Å²) in [4.78, 5) is 3.11. The second-order valence-corrected chi connectivity index (χ2v) is 3.75. The smallest absolute Gasteiger partial charge is 0.387 e. The van der Waals surface area contributed by atoms with Gasteiger partial charge in [0.05, 0.1) is 14.7 Å². The average Bonchev–Trinajstić information content (AvgIpc) is 2.18. The maximum absolute atomic E-state index is 12.4. The van der Waals surface area contributed by atoms with Gasteiger partial charge >= 0.3 is 6.36 Å². The van der Waals surface area contributed by atoms with Crippen LogP contribution in [0, 0.1) is 14.9 Å². The fourth-order valence-electron chi connectivity index (χ4n) is 0.943. The first-order valence-electron chi connectivity index (χ1n) is 3.88. The molecule has 1 rings (SSSR count). The van der Waals surface area contributed by atoms with Gasteiger partial charge in [0.1, 0.15) is 6.07 Å². The minimum absolute atomic E-state index is 0.403. The summed E-state index contributed by atoms with van der Waals surface area (Å²) in [7, 11) is 0. The minimum atomic E-state index is -4.99. The molecule has 0 saturated carbocycles. The van der Waals surface area contributed by atoms with E-state index in [1.807, 2.05) is 0 Å². The number of aromatic nitrogens is 1. The van der Waals surface area contributed by atoms with Crippen molar-refractivity contribution in [2.24, 2.45) is 0 Å². The van der Waals surface area contributed by atoms with E-state index in [2.05, 4.69) is 9.72 Å². The van der Waals surface area contributed by atoms with Crippen molar-refractivity contribution >= 4 is 22.6 Å². The Labute approximate surface area is 105 Å². The molecular formula is C8H2F5IN2O. The topological polar surface area (TPSA) is 45.9 Å². The van der Waals surface area contributed by atoms with Gasteiger partial charge in [0.15, 0.2) is 0 Å². The van der Waals surface area contributed by atoms with Gasteiger partial charge in [-0.25, -0.2) is 13.8 Å². The van der Waals surface area contributed by atoms with E-state index in [1.165, 1.54) is 28.7 Å². The van der Waals surface area contributed by atoms with Crippen molar-refractivity contribution in [3.05, 3.63) is 20.9 Å². The van der Waals surface area contributed by atoms with Crippen LogP contribution < -0.4 is 4.74 Å². The Morgan fingerprint density at radius 2 is 2.00 bits per heavy atom. The number of hydrogen-bond donors (Lipinski definition) is 0. The van der Waals surface area contributed by atoms with Crippen molar-refractivity contribution in [3.8, 4) is 11.9 Å². The molecule has 0 aliphatic carbocycles. The summed E-state index contributed by atoms with van der Waals surface area (Å²) in [6.07, 6.45) is -7.50. The number of hydrogen-bond acceptors (Lipinski definition) is 3. The second kappa shape index (κ2) is 4.99. The number of nitriles is 1. The highest BCUT2D eigenvalue weighted by atomic mass is 127. The number of pyridine rings is 1. The standard InChI is InChI=1S/C8H2F5IN2O/c9-6(10)4-2-16-7(17-8(11,12)13)5(14)3(4)1-15/h2,6H. The zero-order valence-corrected chi connectivity index (χ0v) is 9.88. The van der Waals surface area contributed by atoms with Crippen molar-refractivity contribution in [2.75, 3.05) is 0 Å². The fraction of sp³-hybridized carbons (Fsp3) is 0.250. The molecule has 0 unspecified atom stereocenters. The molecule has 1 aromatic heterocycles. The molecular weight excluding hydrogens is 362 g/mol. The number of ether oxygens (including phenoxy) is 1. The molecule has 0 aromatic carbocycles. The van der Waals surface area contributed by atoms with E-state index < -0.39 is 33.4 Å². The zero-order valence-electron chi connectivity index (χ0n) is 7.73. The summed E-state index contributed by atoms with van der Waals surface area (Å²) in [6, 6.07) is 1.40. The SMILES string of the molecule is N#Cc1c(C(F)F)cnc(OC(F)(F)F)c1I. The molecule has 1 heterocycles. The van der Waals surface area contributed by atoms with Crippen molar-refractivity contribution < 1.29 is 26.7 Å². The molecule has 0 aliphatic heterocycles. The summed E-state index contributed by atoms with van der Waals surface area (Å²) in [5.41, 5.74) is -1.30. The van der Waals surface area contributed by atoms with Crippen LogP contribution in [-0.4, -0.2) is 11.3 Å². The van der Waals surface area contributed by atoms with E-state index >= 15 is 0 Å². The van der Waals surface area contributed by atoms with E-state index in [-0.39, 0.29) is 0 Å². The van der Waals surface area contributed by atoms with Crippen LogP contribution in [0.1, 0.15) is 17.6 Å². The van der Waals surface area contributed by atoms with Crippen LogP contribution in [0.5, 0.6) is 5.88 Å². The number of nitrogens with zero attached hydrogens (tertiary/aromatic N) is 2. The van der Waals surface area contributed by atoms with Gasteiger partial charge in [0.2, 0.25) is 5.88 Å². The first-order valence-corrected chi connectivity index (χ1v) is 4.96. The first-order chi connectivity index (χ1) is 7.76. The molecule has 0 aliphatic rings. The van der Waals surface area contributed by atoms with Crippen molar-refractivity contribution in [1.82, 2.24) is 4.98 Å². The summed E-state index contributed by atoms with van der Waals surface area (Å²) >= 11 is 1.30. The second-order valence-electron chi connectivity index (χ2n) is 2.67. The van der Waals surface area contributed by atoms with Gasteiger partial charge in [-0.15, -0.1) is 13.2 Å². The van der Waals surface area contributed by atoms with Crippen LogP contribution in [0.2, 0.25) is 0 Å². The van der Waals surface area contributed by atoms with Gasteiger partial charge in [0.25, 0.3) is 6.43 Å². The lowest BCUT2D eigenvalue weighted by molar-refractivity contribution is -0.276. The third-order valence-electron chi connectivity index (χ3n) is 1.58. The molecule has 0 amide bonds. The number of alkyl halides is 5. The predicted molar refractivity (Wildman–Crippen MR) is 53.3 cm³/mol. The van der Waals surface area contributed by atoms with Crippen molar-refractivity contribution in [1.29, 1.82) is 5.26 Å². The average molecular weight is 364 g/mol. The van der Waals surface area contributed by atoms with Gasteiger partial charge in [-0.05, 0) is 22.6 Å². The lowest BCUT2D eigenvalue weighted by Gasteiger charge is -2.11. The summed E-state index contributed by atoms with van der Waals surface area (Å²) in [5, 5.41) is 8.62. The highest BCUT2D eigenvalue weighted by Gasteiger charge is 2.34. The zero-order chi connectivity index (χ0) is 13.2. The Balaban J connectivity index is 3.27. The maximum Gasteiger partial charge on any atom is 0.574 e. The van der Waals surface area contributed by atoms with E-state index in [1.54, 1.807) is 0 Å². The molecule has 3 nitrogen and oxygen atoms in total. The summed E-state index contributed by atoms with van der Waals surface area (Å²) < 4.78 is 63.7. The van der Waals surface area contributed by atoms with E-state index in [0.717, 1.165) is 0 Å². The molecule has 17 heavy (non-hydrogen) atoms. The van der Waals surface area contributed by atoms with Crippen LogP contribution in [0.25, 0.3) is 0 Å². The molecule has 0 spiro atoms. The quantitative estimate of drug-likeness (QED) is 0.597. The molecule has 0 bridgehead atoms. The van der Waals surface area contributed by atoms with Crippen molar-refractivity contribution in [3.63, 3.8) is 0 Å². The highest BCUT2D eigenvalue weighted by molar-refractivity contribution is 14.1. The van der Waals surface area contributed by atoms with Crippen molar-refractivity contribution in [2.45, 2.75) is 12.8 Å². The Kier molecular flexibility index (Phi) is 4.07. The third kappa shape index (κ3) is 3.39. The molecule has 92 valence electrons. The van der Waals surface area contributed by atoms with Gasteiger partial charge in [-0.1, -0.05) is 0 Å². The fourth-order valence-corrected chi connectivity index (χ4v) is 1.62. The molecule has 0 fully saturated rings. The van der Waals surface area contributed by atoms with Gasteiger partial charge in [-0.3, -0.25) is 0 Å². The number of halogens is 6. The Morgan fingerprint density at radius 1 is 1.41 bits per heavy atom. The van der Waals surface area contributed by atoms with Crippen LogP contribution >= 0.6 is 22.6 Å². The minimum Gasteiger partial charge on any atom is -0.387 e. The Hall–Kier alpha value is -1.18. The molecule has 1 aromatic rings. The molecule has 0 saturated heterocycles.